The monoisotopic (exact) mass is 377 g/mol. The topological polar surface area (TPSA) is 92.9 Å². The summed E-state index contributed by atoms with van der Waals surface area (Å²) in [5.41, 5.74) is 4.51. The van der Waals surface area contributed by atoms with E-state index >= 15 is 0 Å². The summed E-state index contributed by atoms with van der Waals surface area (Å²) in [6.45, 7) is 1.46. The number of aromatic nitrogens is 1. The SMILES string of the molecule is C[C@@H](Oc1ccc(/C=N\NC(=O)c2ccccc2-n2cccc2)cc1)C(=O)O. The predicted octanol–water partition coefficient (Wildman–Crippen LogP) is 3.09. The second-order valence-corrected chi connectivity index (χ2v) is 5.97. The average Bonchev–Trinajstić information content (AvgIpc) is 3.24. The molecule has 0 spiro atoms. The summed E-state index contributed by atoms with van der Waals surface area (Å²) in [4.78, 5) is 23.3. The van der Waals surface area contributed by atoms with Crippen LogP contribution in [-0.4, -0.2) is 33.9 Å². The van der Waals surface area contributed by atoms with Crippen molar-refractivity contribution in [3.63, 3.8) is 0 Å². The fraction of sp³-hybridized carbons (Fsp3) is 0.0952. The van der Waals surface area contributed by atoms with E-state index < -0.39 is 12.1 Å². The van der Waals surface area contributed by atoms with Crippen LogP contribution in [0.2, 0.25) is 0 Å². The maximum Gasteiger partial charge on any atom is 0.344 e. The van der Waals surface area contributed by atoms with Crippen LogP contribution in [-0.2, 0) is 4.79 Å². The predicted molar refractivity (Wildman–Crippen MR) is 105 cm³/mol. The minimum atomic E-state index is -1.03. The third-order valence-corrected chi connectivity index (χ3v) is 3.95. The fourth-order valence-corrected chi connectivity index (χ4v) is 2.50. The number of hydrazone groups is 1. The number of carbonyl (C=O) groups is 2. The quantitative estimate of drug-likeness (QED) is 0.489. The van der Waals surface area contributed by atoms with E-state index in [4.69, 9.17) is 9.84 Å². The second kappa shape index (κ2) is 8.68. The van der Waals surface area contributed by atoms with Gasteiger partial charge in [0.15, 0.2) is 6.10 Å². The van der Waals surface area contributed by atoms with Crippen molar-refractivity contribution >= 4 is 18.1 Å². The number of ether oxygens (including phenoxy) is 1. The van der Waals surface area contributed by atoms with Crippen LogP contribution in [0.1, 0.15) is 22.8 Å². The number of carboxylic acids is 1. The molecule has 1 aromatic heterocycles. The Balaban J connectivity index is 1.64. The Hall–Kier alpha value is -3.87. The summed E-state index contributed by atoms with van der Waals surface area (Å²) < 4.78 is 7.12. The molecule has 142 valence electrons. The van der Waals surface area contributed by atoms with Crippen molar-refractivity contribution in [3.8, 4) is 11.4 Å². The Morgan fingerprint density at radius 2 is 1.75 bits per heavy atom. The first-order chi connectivity index (χ1) is 13.5. The average molecular weight is 377 g/mol. The number of nitrogens with one attached hydrogen (secondary N) is 1. The smallest absolute Gasteiger partial charge is 0.344 e. The summed E-state index contributed by atoms with van der Waals surface area (Å²) in [6.07, 6.45) is 4.30. The zero-order valence-corrected chi connectivity index (χ0v) is 15.1. The van der Waals surface area contributed by atoms with E-state index in [9.17, 15) is 9.59 Å². The number of carbonyl (C=O) groups excluding carboxylic acids is 1. The molecule has 7 nitrogen and oxygen atoms in total. The van der Waals surface area contributed by atoms with Crippen molar-refractivity contribution in [3.05, 3.63) is 84.2 Å². The molecule has 3 aromatic rings. The van der Waals surface area contributed by atoms with Gasteiger partial charge in [-0.1, -0.05) is 12.1 Å². The fourth-order valence-electron chi connectivity index (χ4n) is 2.50. The molecule has 3 rings (SSSR count). The number of benzene rings is 2. The van der Waals surface area contributed by atoms with Gasteiger partial charge in [-0.25, -0.2) is 10.2 Å². The third kappa shape index (κ3) is 4.64. The largest absolute Gasteiger partial charge is 0.479 e. The van der Waals surface area contributed by atoms with Crippen LogP contribution in [0, 0.1) is 0 Å². The highest BCUT2D eigenvalue weighted by Crippen LogP contribution is 2.15. The Bertz CT molecular complexity index is 979. The van der Waals surface area contributed by atoms with Crippen molar-refractivity contribution in [1.82, 2.24) is 9.99 Å². The van der Waals surface area contributed by atoms with E-state index in [0.29, 0.717) is 11.3 Å². The molecule has 1 amide bonds. The van der Waals surface area contributed by atoms with E-state index in [1.54, 1.807) is 36.4 Å². The van der Waals surface area contributed by atoms with Crippen LogP contribution in [0.4, 0.5) is 0 Å². The number of rotatable bonds is 7. The lowest BCUT2D eigenvalue weighted by Gasteiger charge is -2.10. The van der Waals surface area contributed by atoms with Gasteiger partial charge in [-0.05, 0) is 61.0 Å². The van der Waals surface area contributed by atoms with Gasteiger partial charge < -0.3 is 14.4 Å². The molecule has 7 heteroatoms. The number of hydrogen-bond acceptors (Lipinski definition) is 4. The molecule has 0 radical (unpaired) electrons. The van der Waals surface area contributed by atoms with E-state index in [1.165, 1.54) is 13.1 Å². The van der Waals surface area contributed by atoms with Gasteiger partial charge in [0, 0.05) is 12.4 Å². The number of amides is 1. The first-order valence-corrected chi connectivity index (χ1v) is 8.60. The zero-order valence-electron chi connectivity index (χ0n) is 15.1. The lowest BCUT2D eigenvalue weighted by Crippen LogP contribution is -2.22. The van der Waals surface area contributed by atoms with Crippen molar-refractivity contribution in [2.75, 3.05) is 0 Å². The first kappa shape index (κ1) is 18.9. The summed E-state index contributed by atoms with van der Waals surface area (Å²) in [6, 6.07) is 17.7. The van der Waals surface area contributed by atoms with Crippen LogP contribution in [0.3, 0.4) is 0 Å². The van der Waals surface area contributed by atoms with Crippen molar-refractivity contribution in [2.45, 2.75) is 13.0 Å². The van der Waals surface area contributed by atoms with Crippen LogP contribution >= 0.6 is 0 Å². The Morgan fingerprint density at radius 1 is 1.07 bits per heavy atom. The molecule has 0 unspecified atom stereocenters. The van der Waals surface area contributed by atoms with Crippen LogP contribution in [0.25, 0.3) is 5.69 Å². The van der Waals surface area contributed by atoms with Gasteiger partial charge in [-0.3, -0.25) is 4.79 Å². The molecular weight excluding hydrogens is 358 g/mol. The molecule has 0 saturated carbocycles. The molecule has 1 heterocycles. The number of para-hydroxylation sites is 1. The molecule has 0 aliphatic heterocycles. The number of carboxylic acid groups (broad SMARTS) is 1. The highest BCUT2D eigenvalue weighted by Gasteiger charge is 2.12. The summed E-state index contributed by atoms with van der Waals surface area (Å²) in [5, 5.41) is 12.8. The summed E-state index contributed by atoms with van der Waals surface area (Å²) >= 11 is 0. The van der Waals surface area contributed by atoms with E-state index in [1.807, 2.05) is 41.2 Å². The molecule has 0 bridgehead atoms. The maximum atomic E-state index is 12.5. The van der Waals surface area contributed by atoms with Crippen LogP contribution in [0.15, 0.2) is 78.2 Å². The van der Waals surface area contributed by atoms with Crippen LogP contribution in [0.5, 0.6) is 5.75 Å². The zero-order chi connectivity index (χ0) is 19.9. The van der Waals surface area contributed by atoms with Gasteiger partial charge in [0.2, 0.25) is 0 Å². The minimum Gasteiger partial charge on any atom is -0.479 e. The van der Waals surface area contributed by atoms with Crippen LogP contribution < -0.4 is 10.2 Å². The Labute approximate surface area is 161 Å². The van der Waals surface area contributed by atoms with Crippen molar-refractivity contribution in [2.24, 2.45) is 5.10 Å². The van der Waals surface area contributed by atoms with Gasteiger partial charge in [-0.15, -0.1) is 0 Å². The molecule has 2 N–H and O–H groups in total. The molecule has 2 aromatic carbocycles. The van der Waals surface area contributed by atoms with Gasteiger partial charge >= 0.3 is 5.97 Å². The van der Waals surface area contributed by atoms with E-state index in [-0.39, 0.29) is 5.91 Å². The minimum absolute atomic E-state index is 0.323. The molecule has 0 fully saturated rings. The van der Waals surface area contributed by atoms with Gasteiger partial charge in [-0.2, -0.15) is 5.10 Å². The lowest BCUT2D eigenvalue weighted by atomic mass is 10.1. The van der Waals surface area contributed by atoms with E-state index in [2.05, 4.69) is 10.5 Å². The van der Waals surface area contributed by atoms with Crippen molar-refractivity contribution < 1.29 is 19.4 Å². The number of nitrogens with zero attached hydrogens (tertiary/aromatic N) is 2. The van der Waals surface area contributed by atoms with Gasteiger partial charge in [0.1, 0.15) is 5.75 Å². The summed E-state index contributed by atoms with van der Waals surface area (Å²) in [5.74, 6) is -0.916. The number of hydrogen-bond donors (Lipinski definition) is 2. The molecule has 28 heavy (non-hydrogen) atoms. The van der Waals surface area contributed by atoms with Gasteiger partial charge in [0.25, 0.3) is 5.91 Å². The molecule has 0 aliphatic rings. The standard InChI is InChI=1S/C21H19N3O4/c1-15(21(26)27)28-17-10-8-16(9-11-17)14-22-23-20(25)18-6-2-3-7-19(18)24-12-4-5-13-24/h2-15H,1H3,(H,23,25)(H,26,27)/b22-14-/t15-/m1/s1. The highest BCUT2D eigenvalue weighted by atomic mass is 16.5. The number of aliphatic carboxylic acids is 1. The lowest BCUT2D eigenvalue weighted by molar-refractivity contribution is -0.144. The third-order valence-electron chi connectivity index (χ3n) is 3.95. The highest BCUT2D eigenvalue weighted by molar-refractivity contribution is 5.98. The Kier molecular flexibility index (Phi) is 5.86. The Morgan fingerprint density at radius 3 is 2.43 bits per heavy atom. The normalized spacial score (nSPS) is 11.9. The first-order valence-electron chi connectivity index (χ1n) is 8.60. The molecule has 0 saturated heterocycles. The molecular formula is C21H19N3O4. The summed E-state index contributed by atoms with van der Waals surface area (Å²) in [7, 11) is 0. The molecule has 0 aliphatic carbocycles. The van der Waals surface area contributed by atoms with Crippen molar-refractivity contribution in [1.29, 1.82) is 0 Å². The molecule has 1 atom stereocenters. The maximum absolute atomic E-state index is 12.5. The van der Waals surface area contributed by atoms with E-state index in [0.717, 1.165) is 11.3 Å². The van der Waals surface area contributed by atoms with Gasteiger partial charge in [0.05, 0.1) is 17.5 Å². The second-order valence-electron chi connectivity index (χ2n) is 5.97.